The average molecular weight is 508 g/mol. The first-order valence-corrected chi connectivity index (χ1v) is 11.4. The number of carbonyl (C=O) groups is 2. The highest BCUT2D eigenvalue weighted by atomic mass is 35.5. The molecular formula is C27H19Cl2NO5. The van der Waals surface area contributed by atoms with Gasteiger partial charge in [0.05, 0.1) is 28.8 Å². The number of aliphatic hydroxyl groups excluding tert-OH is 1. The standard InChI is InChI=1S/C27H19Cl2NO5/c1-14-6-9-17(10-7-14)30-23(15-8-11-18(28)19(29)12-15)22(25(32)27(30)33)24(31)21-13-16-4-3-5-20(34-2)26(16)35-21/h3-13,23,32H,1-2H3. The zero-order valence-electron chi connectivity index (χ0n) is 18.7. The molecule has 1 aliphatic heterocycles. The van der Waals surface area contributed by atoms with Crippen LogP contribution in [0.4, 0.5) is 5.69 Å². The molecule has 0 saturated heterocycles. The summed E-state index contributed by atoms with van der Waals surface area (Å²) in [4.78, 5) is 28.4. The normalized spacial score (nSPS) is 15.8. The molecule has 1 unspecified atom stereocenters. The second-order valence-electron chi connectivity index (χ2n) is 8.17. The fraction of sp³-hybridized carbons (Fsp3) is 0.111. The number of hydrogen-bond acceptors (Lipinski definition) is 5. The van der Waals surface area contributed by atoms with Crippen molar-refractivity contribution in [3.8, 4) is 5.75 Å². The van der Waals surface area contributed by atoms with E-state index in [1.807, 2.05) is 19.1 Å². The third-order valence-corrected chi connectivity index (χ3v) is 6.72. The molecule has 5 rings (SSSR count). The van der Waals surface area contributed by atoms with Crippen molar-refractivity contribution >= 4 is 51.5 Å². The summed E-state index contributed by atoms with van der Waals surface area (Å²) in [6, 6.07) is 17.9. The maximum Gasteiger partial charge on any atom is 0.294 e. The summed E-state index contributed by atoms with van der Waals surface area (Å²) in [6.45, 7) is 1.92. The van der Waals surface area contributed by atoms with Gasteiger partial charge in [0.1, 0.15) is 0 Å². The number of benzene rings is 3. The Hall–Kier alpha value is -3.74. The van der Waals surface area contributed by atoms with Crippen LogP contribution in [0.15, 0.2) is 82.5 Å². The molecule has 8 heteroatoms. The minimum atomic E-state index is -0.956. The van der Waals surface area contributed by atoms with E-state index < -0.39 is 23.5 Å². The number of furan rings is 1. The van der Waals surface area contributed by atoms with E-state index in [-0.39, 0.29) is 16.4 Å². The van der Waals surface area contributed by atoms with Gasteiger partial charge in [0, 0.05) is 11.1 Å². The number of amides is 1. The highest BCUT2D eigenvalue weighted by molar-refractivity contribution is 6.42. The molecule has 3 aromatic carbocycles. The molecule has 0 spiro atoms. The van der Waals surface area contributed by atoms with Crippen molar-refractivity contribution in [2.75, 3.05) is 12.0 Å². The highest BCUT2D eigenvalue weighted by Crippen LogP contribution is 2.43. The Morgan fingerprint density at radius 1 is 1.03 bits per heavy atom. The van der Waals surface area contributed by atoms with Crippen LogP contribution in [0.3, 0.4) is 0 Å². The highest BCUT2D eigenvalue weighted by Gasteiger charge is 2.45. The molecule has 2 heterocycles. The molecule has 176 valence electrons. The van der Waals surface area contributed by atoms with Crippen molar-refractivity contribution in [3.05, 3.63) is 105 Å². The molecule has 35 heavy (non-hydrogen) atoms. The first-order valence-electron chi connectivity index (χ1n) is 10.7. The zero-order chi connectivity index (χ0) is 24.9. The molecule has 1 amide bonds. The number of aliphatic hydroxyl groups is 1. The predicted octanol–water partition coefficient (Wildman–Crippen LogP) is 6.84. The fourth-order valence-electron chi connectivity index (χ4n) is 4.25. The molecular weight excluding hydrogens is 489 g/mol. The third-order valence-electron chi connectivity index (χ3n) is 5.98. The molecule has 1 aliphatic rings. The van der Waals surface area contributed by atoms with Gasteiger partial charge in [-0.3, -0.25) is 14.5 Å². The number of halogens is 2. The smallest absolute Gasteiger partial charge is 0.294 e. The van der Waals surface area contributed by atoms with Crippen molar-refractivity contribution in [2.24, 2.45) is 0 Å². The number of hydrogen-bond donors (Lipinski definition) is 1. The maximum absolute atomic E-state index is 13.7. The third kappa shape index (κ3) is 3.85. The van der Waals surface area contributed by atoms with Crippen LogP contribution >= 0.6 is 23.2 Å². The van der Waals surface area contributed by atoms with Gasteiger partial charge in [0.25, 0.3) is 5.91 Å². The van der Waals surface area contributed by atoms with E-state index in [9.17, 15) is 14.7 Å². The second-order valence-corrected chi connectivity index (χ2v) is 8.98. The number of Topliss-reactive ketones (excluding diaryl/α,β-unsaturated/α-hetero) is 1. The van der Waals surface area contributed by atoms with Crippen LogP contribution in [0.25, 0.3) is 11.0 Å². The van der Waals surface area contributed by atoms with Gasteiger partial charge in [0.15, 0.2) is 22.9 Å². The number of ether oxygens (including phenoxy) is 1. The topological polar surface area (TPSA) is 80.0 Å². The van der Waals surface area contributed by atoms with Gasteiger partial charge in [-0.2, -0.15) is 0 Å². The lowest BCUT2D eigenvalue weighted by Gasteiger charge is -2.27. The summed E-state index contributed by atoms with van der Waals surface area (Å²) >= 11 is 12.4. The van der Waals surface area contributed by atoms with Crippen molar-refractivity contribution < 1.29 is 23.8 Å². The Balaban J connectivity index is 1.67. The Kier molecular flexibility index (Phi) is 5.79. The zero-order valence-corrected chi connectivity index (χ0v) is 20.2. The number of nitrogens with zero attached hydrogens (tertiary/aromatic N) is 1. The lowest BCUT2D eigenvalue weighted by atomic mass is 9.94. The Bertz CT molecular complexity index is 1520. The number of para-hydroxylation sites is 1. The first kappa shape index (κ1) is 23.0. The van der Waals surface area contributed by atoms with Crippen molar-refractivity contribution in [1.29, 1.82) is 0 Å². The predicted molar refractivity (Wildman–Crippen MR) is 135 cm³/mol. The van der Waals surface area contributed by atoms with Crippen LogP contribution in [0.2, 0.25) is 10.0 Å². The molecule has 1 atom stereocenters. The van der Waals surface area contributed by atoms with Crippen LogP contribution < -0.4 is 9.64 Å². The quantitative estimate of drug-likeness (QED) is 0.299. The molecule has 0 bridgehead atoms. The van der Waals surface area contributed by atoms with Crippen molar-refractivity contribution in [2.45, 2.75) is 13.0 Å². The van der Waals surface area contributed by atoms with Crippen LogP contribution in [0, 0.1) is 6.92 Å². The number of fused-ring (bicyclic) bond motifs is 1. The van der Waals surface area contributed by atoms with Gasteiger partial charge in [-0.05, 0) is 48.9 Å². The summed E-state index contributed by atoms with van der Waals surface area (Å²) in [5.41, 5.74) is 2.29. The lowest BCUT2D eigenvalue weighted by Crippen LogP contribution is -2.31. The van der Waals surface area contributed by atoms with Gasteiger partial charge < -0.3 is 14.3 Å². The van der Waals surface area contributed by atoms with E-state index in [1.165, 1.54) is 12.0 Å². The fourth-order valence-corrected chi connectivity index (χ4v) is 4.55. The molecule has 0 radical (unpaired) electrons. The first-order chi connectivity index (χ1) is 16.8. The minimum Gasteiger partial charge on any atom is -0.503 e. The molecule has 1 aromatic heterocycles. The monoisotopic (exact) mass is 507 g/mol. The summed E-state index contributed by atoms with van der Waals surface area (Å²) in [5, 5.41) is 12.2. The van der Waals surface area contributed by atoms with E-state index in [0.29, 0.717) is 33.0 Å². The van der Waals surface area contributed by atoms with E-state index >= 15 is 0 Å². The Morgan fingerprint density at radius 2 is 1.77 bits per heavy atom. The maximum atomic E-state index is 13.7. The molecule has 4 aromatic rings. The number of anilines is 1. The van der Waals surface area contributed by atoms with Crippen LogP contribution in [-0.2, 0) is 4.79 Å². The number of methoxy groups -OCH3 is 1. The van der Waals surface area contributed by atoms with Gasteiger partial charge in [0.2, 0.25) is 5.78 Å². The van der Waals surface area contributed by atoms with Crippen molar-refractivity contribution in [3.63, 3.8) is 0 Å². The van der Waals surface area contributed by atoms with E-state index in [2.05, 4.69) is 0 Å². The summed E-state index contributed by atoms with van der Waals surface area (Å²) in [6.07, 6.45) is 0. The van der Waals surface area contributed by atoms with Gasteiger partial charge in [-0.1, -0.05) is 59.1 Å². The van der Waals surface area contributed by atoms with Crippen LogP contribution in [-0.4, -0.2) is 23.9 Å². The van der Waals surface area contributed by atoms with Gasteiger partial charge in [-0.25, -0.2) is 0 Å². The van der Waals surface area contributed by atoms with Gasteiger partial charge in [-0.15, -0.1) is 0 Å². The van der Waals surface area contributed by atoms with Gasteiger partial charge >= 0.3 is 0 Å². The number of rotatable bonds is 5. The number of aryl methyl sites for hydroxylation is 1. The Labute approximate surface area is 210 Å². The van der Waals surface area contributed by atoms with E-state index in [4.69, 9.17) is 32.4 Å². The second kappa shape index (κ2) is 8.80. The van der Waals surface area contributed by atoms with E-state index in [0.717, 1.165) is 5.56 Å². The SMILES string of the molecule is COc1cccc2cc(C(=O)C3=C(O)C(=O)N(c4ccc(C)cc4)C3c3ccc(Cl)c(Cl)c3)oc12. The summed E-state index contributed by atoms with van der Waals surface area (Å²) in [7, 11) is 1.50. The minimum absolute atomic E-state index is 0.0327. The lowest BCUT2D eigenvalue weighted by molar-refractivity contribution is -0.117. The largest absolute Gasteiger partial charge is 0.503 e. The Morgan fingerprint density at radius 3 is 2.46 bits per heavy atom. The number of carbonyl (C=O) groups excluding carboxylic acids is 2. The molecule has 0 aliphatic carbocycles. The summed E-state index contributed by atoms with van der Waals surface area (Å²) < 4.78 is 11.2. The van der Waals surface area contributed by atoms with Crippen molar-refractivity contribution in [1.82, 2.24) is 0 Å². The number of ketones is 1. The summed E-state index contributed by atoms with van der Waals surface area (Å²) in [5.74, 6) is -1.56. The van der Waals surface area contributed by atoms with E-state index in [1.54, 1.807) is 54.6 Å². The molecule has 0 fully saturated rings. The molecule has 0 saturated carbocycles. The molecule has 1 N–H and O–H groups in total. The van der Waals surface area contributed by atoms with Crippen LogP contribution in [0.5, 0.6) is 5.75 Å². The average Bonchev–Trinajstić information content (AvgIpc) is 3.40. The molecule has 6 nitrogen and oxygen atoms in total. The van der Waals surface area contributed by atoms with Crippen LogP contribution in [0.1, 0.15) is 27.7 Å².